The molecule has 1 atom stereocenters. The molecule has 0 heterocycles. The van der Waals surface area contributed by atoms with Gasteiger partial charge in [-0.25, -0.2) is 0 Å². The number of hydrogen-bond donors (Lipinski definition) is 0. The number of benzene rings is 1. The molecule has 1 unspecified atom stereocenters. The Balaban J connectivity index is 2.64. The van der Waals surface area contributed by atoms with Gasteiger partial charge in [-0.3, -0.25) is 0 Å². The molecular formula is C15H21I. The molecule has 0 bridgehead atoms. The van der Waals surface area contributed by atoms with Gasteiger partial charge in [-0.1, -0.05) is 80.1 Å². The second kappa shape index (κ2) is 7.10. The third-order valence-electron chi connectivity index (χ3n) is 2.92. The van der Waals surface area contributed by atoms with Gasteiger partial charge in [0.1, 0.15) is 0 Å². The average Bonchev–Trinajstić information content (AvgIpc) is 2.35. The Morgan fingerprint density at radius 2 is 1.88 bits per heavy atom. The van der Waals surface area contributed by atoms with Crippen molar-refractivity contribution in [3.05, 3.63) is 42.0 Å². The molecule has 0 fully saturated rings. The van der Waals surface area contributed by atoms with Crippen LogP contribution < -0.4 is 0 Å². The topological polar surface area (TPSA) is 0 Å². The Hall–Kier alpha value is -0.310. The van der Waals surface area contributed by atoms with Crippen molar-refractivity contribution in [2.24, 2.45) is 0 Å². The molecule has 0 aromatic heterocycles. The van der Waals surface area contributed by atoms with E-state index in [0.717, 1.165) is 6.42 Å². The van der Waals surface area contributed by atoms with E-state index in [1.165, 1.54) is 36.0 Å². The number of rotatable bonds is 6. The highest BCUT2D eigenvalue weighted by Crippen LogP contribution is 2.26. The zero-order valence-corrected chi connectivity index (χ0v) is 12.5. The van der Waals surface area contributed by atoms with Crippen LogP contribution in [0.4, 0.5) is 0 Å². The van der Waals surface area contributed by atoms with Gasteiger partial charge in [0.15, 0.2) is 0 Å². The maximum atomic E-state index is 4.23. The molecule has 16 heavy (non-hydrogen) atoms. The van der Waals surface area contributed by atoms with Crippen molar-refractivity contribution in [2.45, 2.75) is 43.5 Å². The summed E-state index contributed by atoms with van der Waals surface area (Å²) in [4.78, 5) is 0. The highest BCUT2D eigenvalue weighted by atomic mass is 127. The quantitative estimate of drug-likeness (QED) is 0.494. The molecule has 0 saturated carbocycles. The molecule has 0 saturated heterocycles. The average molecular weight is 328 g/mol. The lowest BCUT2D eigenvalue weighted by atomic mass is 10.00. The van der Waals surface area contributed by atoms with Gasteiger partial charge in [-0.15, -0.1) is 0 Å². The molecule has 0 aliphatic carbocycles. The van der Waals surface area contributed by atoms with Crippen molar-refractivity contribution in [3.8, 4) is 0 Å². The van der Waals surface area contributed by atoms with Crippen LogP contribution >= 0.6 is 22.6 Å². The third-order valence-corrected chi connectivity index (χ3v) is 4.30. The normalized spacial score (nSPS) is 12.4. The monoisotopic (exact) mass is 328 g/mol. The highest BCUT2D eigenvalue weighted by Gasteiger charge is 2.09. The van der Waals surface area contributed by atoms with Crippen LogP contribution in [-0.2, 0) is 6.42 Å². The van der Waals surface area contributed by atoms with E-state index < -0.39 is 0 Å². The van der Waals surface area contributed by atoms with Crippen LogP contribution in [0.15, 0.2) is 30.8 Å². The first-order valence-electron chi connectivity index (χ1n) is 6.11. The summed E-state index contributed by atoms with van der Waals surface area (Å²) in [5, 5.41) is 0. The maximum Gasteiger partial charge on any atom is 0.0359 e. The van der Waals surface area contributed by atoms with Crippen molar-refractivity contribution >= 4 is 28.2 Å². The molecule has 0 nitrogen and oxygen atoms in total. The fourth-order valence-corrected chi connectivity index (χ4v) is 2.49. The first-order valence-corrected chi connectivity index (χ1v) is 7.35. The smallest absolute Gasteiger partial charge is 0.0359 e. The fraction of sp³-hybridized carbons (Fsp3) is 0.467. The van der Waals surface area contributed by atoms with Crippen LogP contribution in [0.1, 0.15) is 44.2 Å². The van der Waals surface area contributed by atoms with Gasteiger partial charge in [0.25, 0.3) is 0 Å². The Morgan fingerprint density at radius 3 is 2.38 bits per heavy atom. The SMILES string of the molecule is C=C(c1ccc(CC)cc1)C(I)CCCC. The standard InChI is InChI=1S/C15H21I/c1-4-6-7-15(16)12(3)14-10-8-13(5-2)9-11-14/h8-11,15H,3-7H2,1-2H3. The summed E-state index contributed by atoms with van der Waals surface area (Å²) in [7, 11) is 0. The van der Waals surface area contributed by atoms with E-state index in [2.05, 4.69) is 67.3 Å². The zero-order chi connectivity index (χ0) is 12.0. The van der Waals surface area contributed by atoms with Crippen LogP contribution in [0.2, 0.25) is 0 Å². The number of halogens is 1. The van der Waals surface area contributed by atoms with Crippen LogP contribution in [0, 0.1) is 0 Å². The van der Waals surface area contributed by atoms with Gasteiger partial charge in [0.2, 0.25) is 0 Å². The molecule has 0 aliphatic rings. The Bertz CT molecular complexity index is 324. The molecule has 1 aromatic rings. The van der Waals surface area contributed by atoms with E-state index in [1.54, 1.807) is 0 Å². The van der Waals surface area contributed by atoms with Gasteiger partial charge < -0.3 is 0 Å². The van der Waals surface area contributed by atoms with Gasteiger partial charge in [-0.2, -0.15) is 0 Å². The van der Waals surface area contributed by atoms with E-state index in [9.17, 15) is 0 Å². The van der Waals surface area contributed by atoms with Crippen LogP contribution in [0.5, 0.6) is 0 Å². The Labute approximate surface area is 113 Å². The summed E-state index contributed by atoms with van der Waals surface area (Å²) >= 11 is 2.51. The summed E-state index contributed by atoms with van der Waals surface area (Å²) in [5.41, 5.74) is 3.97. The van der Waals surface area contributed by atoms with E-state index in [4.69, 9.17) is 0 Å². The predicted molar refractivity (Wildman–Crippen MR) is 82.2 cm³/mol. The first kappa shape index (κ1) is 13.8. The number of hydrogen-bond acceptors (Lipinski definition) is 0. The van der Waals surface area contributed by atoms with Crippen LogP contribution in [0.25, 0.3) is 5.57 Å². The van der Waals surface area contributed by atoms with Crippen LogP contribution in [-0.4, -0.2) is 3.92 Å². The van der Waals surface area contributed by atoms with Crippen molar-refractivity contribution in [1.29, 1.82) is 0 Å². The summed E-state index contributed by atoms with van der Waals surface area (Å²) in [6.07, 6.45) is 4.91. The molecule has 0 radical (unpaired) electrons. The summed E-state index contributed by atoms with van der Waals surface area (Å²) < 4.78 is 0.574. The molecule has 0 N–H and O–H groups in total. The lowest BCUT2D eigenvalue weighted by Gasteiger charge is -2.13. The lowest BCUT2D eigenvalue weighted by Crippen LogP contribution is -2.00. The second-order valence-electron chi connectivity index (χ2n) is 4.19. The number of unbranched alkanes of at least 4 members (excludes halogenated alkanes) is 1. The van der Waals surface area contributed by atoms with E-state index >= 15 is 0 Å². The highest BCUT2D eigenvalue weighted by molar-refractivity contribution is 14.1. The van der Waals surface area contributed by atoms with Crippen molar-refractivity contribution < 1.29 is 0 Å². The third kappa shape index (κ3) is 3.93. The summed E-state index contributed by atoms with van der Waals surface area (Å²) in [5.74, 6) is 0. The van der Waals surface area contributed by atoms with Crippen molar-refractivity contribution in [2.75, 3.05) is 0 Å². The Kier molecular flexibility index (Phi) is 6.10. The molecular weight excluding hydrogens is 307 g/mol. The van der Waals surface area contributed by atoms with E-state index in [1.807, 2.05) is 0 Å². The van der Waals surface area contributed by atoms with Crippen molar-refractivity contribution in [3.63, 3.8) is 0 Å². The zero-order valence-electron chi connectivity index (χ0n) is 10.3. The summed E-state index contributed by atoms with van der Waals surface area (Å²) in [6.45, 7) is 8.65. The van der Waals surface area contributed by atoms with Gasteiger partial charge >= 0.3 is 0 Å². The van der Waals surface area contributed by atoms with E-state index in [-0.39, 0.29) is 0 Å². The van der Waals surface area contributed by atoms with Gasteiger partial charge in [0.05, 0.1) is 0 Å². The number of aryl methyl sites for hydroxylation is 1. The lowest BCUT2D eigenvalue weighted by molar-refractivity contribution is 0.754. The molecule has 1 rings (SSSR count). The first-order chi connectivity index (χ1) is 7.69. The van der Waals surface area contributed by atoms with E-state index in [0.29, 0.717) is 3.92 Å². The van der Waals surface area contributed by atoms with Gasteiger partial charge in [0, 0.05) is 3.92 Å². The molecule has 1 aromatic carbocycles. The summed E-state index contributed by atoms with van der Waals surface area (Å²) in [6, 6.07) is 8.84. The molecule has 0 spiro atoms. The molecule has 0 amide bonds. The molecule has 1 heteroatoms. The van der Waals surface area contributed by atoms with Gasteiger partial charge in [-0.05, 0) is 29.5 Å². The maximum absolute atomic E-state index is 4.23. The molecule has 88 valence electrons. The van der Waals surface area contributed by atoms with Crippen LogP contribution in [0.3, 0.4) is 0 Å². The minimum absolute atomic E-state index is 0.574. The minimum Gasteiger partial charge on any atom is -0.0942 e. The fourth-order valence-electron chi connectivity index (χ4n) is 1.69. The Morgan fingerprint density at radius 1 is 1.25 bits per heavy atom. The van der Waals surface area contributed by atoms with Crippen molar-refractivity contribution in [1.82, 2.24) is 0 Å². The molecule has 0 aliphatic heterocycles. The number of allylic oxidation sites excluding steroid dienone is 1. The second-order valence-corrected chi connectivity index (χ2v) is 5.69. The predicted octanol–water partition coefficient (Wildman–Crippen LogP) is 5.26. The number of alkyl halides is 1. The minimum atomic E-state index is 0.574. The largest absolute Gasteiger partial charge is 0.0942 e.